The van der Waals surface area contributed by atoms with Gasteiger partial charge in [-0.05, 0) is 0 Å². The summed E-state index contributed by atoms with van der Waals surface area (Å²) in [7, 11) is 0. The highest BCUT2D eigenvalue weighted by Crippen LogP contribution is 2.03. The molecule has 4 heteroatoms. The molecular formula is C8H12N2OS. The van der Waals surface area contributed by atoms with Crippen molar-refractivity contribution in [3.63, 3.8) is 0 Å². The van der Waals surface area contributed by atoms with E-state index in [0.29, 0.717) is 12.8 Å². The Kier molecular flexibility index (Phi) is 3.98. The molecule has 0 N–H and O–H groups in total. The lowest BCUT2D eigenvalue weighted by molar-refractivity contribution is 0.0683. The molecule has 0 spiro atoms. The van der Waals surface area contributed by atoms with Gasteiger partial charge in [-0.3, -0.25) is 0 Å². The monoisotopic (exact) mass is 184 g/mol. The van der Waals surface area contributed by atoms with E-state index in [-0.39, 0.29) is 0 Å². The molecule has 0 unspecified atom stereocenters. The summed E-state index contributed by atoms with van der Waals surface area (Å²) in [5, 5.41) is 8.36. The fraction of sp³-hybridized carbons (Fsp3) is 0.750. The predicted octanol–water partition coefficient (Wildman–Crippen LogP) is 0.950. The van der Waals surface area contributed by atoms with Crippen LogP contribution in [-0.2, 0) is 4.74 Å². The maximum Gasteiger partial charge on any atom is 0.0791 e. The first-order valence-corrected chi connectivity index (χ1v) is 4.48. The molecule has 0 radical (unpaired) electrons. The van der Waals surface area contributed by atoms with Gasteiger partial charge in [0.15, 0.2) is 0 Å². The van der Waals surface area contributed by atoms with Crippen LogP contribution in [0.3, 0.4) is 0 Å². The van der Waals surface area contributed by atoms with Crippen LogP contribution in [0.5, 0.6) is 0 Å². The zero-order valence-electron chi connectivity index (χ0n) is 6.95. The second-order valence-corrected chi connectivity index (χ2v) is 3.12. The van der Waals surface area contributed by atoms with E-state index in [9.17, 15) is 0 Å². The first-order valence-electron chi connectivity index (χ1n) is 4.07. The number of hydrogen-bond acceptors (Lipinski definition) is 3. The minimum absolute atomic E-state index is 0.524. The lowest BCUT2D eigenvalue weighted by Gasteiger charge is -2.28. The minimum atomic E-state index is 0.524. The Labute approximate surface area is 77.9 Å². The molecule has 0 amide bonds. The van der Waals surface area contributed by atoms with E-state index in [0.717, 1.165) is 31.3 Å². The number of nitriles is 1. The Hall–Kier alpha value is -0.660. The molecule has 66 valence electrons. The molecular weight excluding hydrogens is 172 g/mol. The van der Waals surface area contributed by atoms with E-state index in [1.165, 1.54) is 0 Å². The fourth-order valence-electron chi connectivity index (χ4n) is 1.13. The average molecular weight is 184 g/mol. The van der Waals surface area contributed by atoms with Gasteiger partial charge in [-0.2, -0.15) is 5.26 Å². The van der Waals surface area contributed by atoms with Crippen LogP contribution in [0.1, 0.15) is 12.8 Å². The van der Waals surface area contributed by atoms with Crippen molar-refractivity contribution >= 4 is 17.2 Å². The van der Waals surface area contributed by atoms with Crippen LogP contribution in [0.2, 0.25) is 0 Å². The zero-order chi connectivity index (χ0) is 8.81. The summed E-state index contributed by atoms with van der Waals surface area (Å²) in [6.07, 6.45) is 1.24. The van der Waals surface area contributed by atoms with Crippen molar-refractivity contribution in [1.82, 2.24) is 4.90 Å². The molecule has 12 heavy (non-hydrogen) atoms. The molecule has 0 aromatic heterocycles. The molecule has 3 nitrogen and oxygen atoms in total. The second kappa shape index (κ2) is 5.07. The van der Waals surface area contributed by atoms with Crippen molar-refractivity contribution in [2.24, 2.45) is 0 Å². The van der Waals surface area contributed by atoms with Crippen molar-refractivity contribution in [3.05, 3.63) is 0 Å². The van der Waals surface area contributed by atoms with Crippen LogP contribution in [-0.4, -0.2) is 36.2 Å². The van der Waals surface area contributed by atoms with E-state index in [1.807, 2.05) is 0 Å². The molecule has 0 aliphatic carbocycles. The predicted molar refractivity (Wildman–Crippen MR) is 49.8 cm³/mol. The van der Waals surface area contributed by atoms with Gasteiger partial charge in [-0.1, -0.05) is 12.2 Å². The van der Waals surface area contributed by atoms with E-state index in [1.54, 1.807) is 0 Å². The van der Waals surface area contributed by atoms with E-state index in [2.05, 4.69) is 11.0 Å². The van der Waals surface area contributed by atoms with Crippen LogP contribution in [0.4, 0.5) is 0 Å². The van der Waals surface area contributed by atoms with E-state index in [4.69, 9.17) is 22.2 Å². The third-order valence-corrected chi connectivity index (χ3v) is 2.28. The third-order valence-electron chi connectivity index (χ3n) is 1.81. The van der Waals surface area contributed by atoms with Crippen LogP contribution in [0.25, 0.3) is 0 Å². The summed E-state index contributed by atoms with van der Waals surface area (Å²) < 4.78 is 5.19. The standard InChI is InChI=1S/C8H12N2OS/c9-3-1-2-8(12)10-4-6-11-7-5-10/h1-2,4-7H2. The quantitative estimate of drug-likeness (QED) is 0.599. The number of ether oxygens (including phenoxy) is 1. The normalized spacial score (nSPS) is 17.1. The molecule has 1 fully saturated rings. The Morgan fingerprint density at radius 2 is 2.17 bits per heavy atom. The smallest absolute Gasteiger partial charge is 0.0791 e. The lowest BCUT2D eigenvalue weighted by Crippen LogP contribution is -2.39. The first kappa shape index (κ1) is 9.43. The highest BCUT2D eigenvalue weighted by atomic mass is 32.1. The van der Waals surface area contributed by atoms with Gasteiger partial charge in [0, 0.05) is 25.9 Å². The largest absolute Gasteiger partial charge is 0.378 e. The Bertz CT molecular complexity index is 194. The van der Waals surface area contributed by atoms with Crippen molar-refractivity contribution in [2.45, 2.75) is 12.8 Å². The zero-order valence-corrected chi connectivity index (χ0v) is 7.77. The molecule has 0 atom stereocenters. The number of thiocarbonyl (C=S) groups is 1. The topological polar surface area (TPSA) is 36.3 Å². The summed E-state index contributed by atoms with van der Waals surface area (Å²) in [5.41, 5.74) is 0. The van der Waals surface area contributed by atoms with Gasteiger partial charge in [0.25, 0.3) is 0 Å². The summed E-state index contributed by atoms with van der Waals surface area (Å²) in [6.45, 7) is 3.27. The number of morpholine rings is 1. The number of nitrogens with zero attached hydrogens (tertiary/aromatic N) is 2. The minimum Gasteiger partial charge on any atom is -0.378 e. The molecule has 1 aliphatic rings. The molecule has 1 aliphatic heterocycles. The molecule has 0 aromatic carbocycles. The highest BCUT2D eigenvalue weighted by molar-refractivity contribution is 7.80. The van der Waals surface area contributed by atoms with Gasteiger partial charge in [0.05, 0.1) is 24.3 Å². The SMILES string of the molecule is N#CCCC(=S)N1CCOCC1. The van der Waals surface area contributed by atoms with Crippen LogP contribution >= 0.6 is 12.2 Å². The van der Waals surface area contributed by atoms with Gasteiger partial charge in [-0.15, -0.1) is 0 Å². The van der Waals surface area contributed by atoms with E-state index >= 15 is 0 Å². The molecule has 1 rings (SSSR count). The summed E-state index contributed by atoms with van der Waals surface area (Å²) in [4.78, 5) is 3.02. The van der Waals surface area contributed by atoms with Crippen LogP contribution in [0.15, 0.2) is 0 Å². The third kappa shape index (κ3) is 2.76. The maximum atomic E-state index is 8.36. The van der Waals surface area contributed by atoms with Gasteiger partial charge in [0.2, 0.25) is 0 Å². The summed E-state index contributed by atoms with van der Waals surface area (Å²) >= 11 is 5.16. The summed E-state index contributed by atoms with van der Waals surface area (Å²) in [5.74, 6) is 0. The molecule has 1 saturated heterocycles. The van der Waals surface area contributed by atoms with Crippen molar-refractivity contribution in [1.29, 1.82) is 5.26 Å². The molecule has 0 saturated carbocycles. The van der Waals surface area contributed by atoms with E-state index < -0.39 is 0 Å². The van der Waals surface area contributed by atoms with Crippen LogP contribution in [0, 0.1) is 11.3 Å². The molecule has 0 aromatic rings. The maximum absolute atomic E-state index is 8.36. The Morgan fingerprint density at radius 3 is 2.75 bits per heavy atom. The Balaban J connectivity index is 2.26. The molecule has 1 heterocycles. The van der Waals surface area contributed by atoms with Crippen molar-refractivity contribution < 1.29 is 4.74 Å². The molecule has 0 bridgehead atoms. The van der Waals surface area contributed by atoms with Gasteiger partial charge in [0.1, 0.15) is 0 Å². The van der Waals surface area contributed by atoms with Gasteiger partial charge < -0.3 is 9.64 Å². The average Bonchev–Trinajstić information content (AvgIpc) is 2.15. The van der Waals surface area contributed by atoms with Crippen molar-refractivity contribution in [2.75, 3.05) is 26.3 Å². The highest BCUT2D eigenvalue weighted by Gasteiger charge is 2.12. The fourth-order valence-corrected chi connectivity index (χ4v) is 1.42. The summed E-state index contributed by atoms with van der Waals surface area (Å²) in [6, 6.07) is 2.09. The number of rotatable bonds is 2. The van der Waals surface area contributed by atoms with Gasteiger partial charge >= 0.3 is 0 Å². The number of hydrogen-bond donors (Lipinski definition) is 0. The Morgan fingerprint density at radius 1 is 1.50 bits per heavy atom. The van der Waals surface area contributed by atoms with Crippen LogP contribution < -0.4 is 0 Å². The first-order chi connectivity index (χ1) is 5.84. The lowest BCUT2D eigenvalue weighted by atomic mass is 10.3. The van der Waals surface area contributed by atoms with Crippen molar-refractivity contribution in [3.8, 4) is 6.07 Å². The second-order valence-electron chi connectivity index (χ2n) is 2.65. The van der Waals surface area contributed by atoms with Gasteiger partial charge in [-0.25, -0.2) is 0 Å².